The molecule has 1 saturated carbocycles. The number of nitrogens with one attached hydrogen (secondary N) is 1. The third-order valence-corrected chi connectivity index (χ3v) is 2.87. The van der Waals surface area contributed by atoms with Crippen LogP contribution in [0.1, 0.15) is 26.7 Å². The second-order valence-corrected chi connectivity index (χ2v) is 3.80. The molecule has 0 radical (unpaired) electrons. The minimum absolute atomic E-state index is 0.0362. The van der Waals surface area contributed by atoms with E-state index in [2.05, 4.69) is 24.1 Å². The van der Waals surface area contributed by atoms with Crippen LogP contribution in [0.5, 0.6) is 0 Å². The number of nitrogens with zero attached hydrogens (tertiary/aromatic N) is 1. The van der Waals surface area contributed by atoms with Gasteiger partial charge in [0.05, 0.1) is 6.10 Å². The molecule has 0 bridgehead atoms. The Morgan fingerprint density at radius 3 is 2.38 bits per heavy atom. The van der Waals surface area contributed by atoms with E-state index in [9.17, 15) is 0 Å². The smallest absolute Gasteiger partial charge is 0.0570 e. The van der Waals surface area contributed by atoms with Gasteiger partial charge in [0, 0.05) is 19.1 Å². The van der Waals surface area contributed by atoms with E-state index in [4.69, 9.17) is 5.11 Å². The largest absolute Gasteiger partial charge is 0.393 e. The summed E-state index contributed by atoms with van der Waals surface area (Å²) in [5.41, 5.74) is 0. The maximum Gasteiger partial charge on any atom is 0.0570 e. The molecule has 1 aliphatic rings. The van der Waals surface area contributed by atoms with Gasteiger partial charge in [-0.2, -0.15) is 0 Å². The Kier molecular flexibility index (Phi) is 4.70. The summed E-state index contributed by atoms with van der Waals surface area (Å²) in [5, 5.41) is 12.5. The number of hydrogen-bond donors (Lipinski definition) is 2. The minimum Gasteiger partial charge on any atom is -0.393 e. The van der Waals surface area contributed by atoms with Crippen LogP contribution in [0.3, 0.4) is 0 Å². The van der Waals surface area contributed by atoms with Gasteiger partial charge in [-0.15, -0.1) is 0 Å². The van der Waals surface area contributed by atoms with Crippen molar-refractivity contribution in [3.63, 3.8) is 0 Å². The second kappa shape index (κ2) is 5.58. The number of rotatable bonds is 6. The van der Waals surface area contributed by atoms with Gasteiger partial charge in [-0.1, -0.05) is 13.8 Å². The first-order chi connectivity index (χ1) is 6.26. The highest BCUT2D eigenvalue weighted by atomic mass is 16.3. The van der Waals surface area contributed by atoms with E-state index >= 15 is 0 Å². The molecule has 1 fully saturated rings. The van der Waals surface area contributed by atoms with Crippen molar-refractivity contribution in [2.45, 2.75) is 38.8 Å². The number of aliphatic hydroxyl groups excluding tert-OH is 1. The monoisotopic (exact) mass is 186 g/mol. The molecule has 2 N–H and O–H groups in total. The average Bonchev–Trinajstić information content (AvgIpc) is 2.09. The van der Waals surface area contributed by atoms with Gasteiger partial charge in [-0.25, -0.2) is 0 Å². The molecule has 13 heavy (non-hydrogen) atoms. The van der Waals surface area contributed by atoms with Crippen molar-refractivity contribution in [2.24, 2.45) is 0 Å². The molecule has 3 nitrogen and oxygen atoms in total. The van der Waals surface area contributed by atoms with E-state index in [1.807, 2.05) is 0 Å². The zero-order chi connectivity index (χ0) is 9.68. The molecule has 0 aromatic heterocycles. The molecular formula is C10H22N2O. The summed E-state index contributed by atoms with van der Waals surface area (Å²) < 4.78 is 0. The van der Waals surface area contributed by atoms with E-state index in [0.717, 1.165) is 39.0 Å². The number of aliphatic hydroxyl groups is 1. The molecular weight excluding hydrogens is 164 g/mol. The molecule has 1 rings (SSSR count). The molecule has 3 heteroatoms. The zero-order valence-electron chi connectivity index (χ0n) is 8.79. The summed E-state index contributed by atoms with van der Waals surface area (Å²) in [4.78, 5) is 2.40. The van der Waals surface area contributed by atoms with Crippen molar-refractivity contribution >= 4 is 0 Å². The van der Waals surface area contributed by atoms with Crippen molar-refractivity contribution in [1.82, 2.24) is 10.2 Å². The summed E-state index contributed by atoms with van der Waals surface area (Å²) in [6, 6.07) is 0.575. The van der Waals surface area contributed by atoms with Gasteiger partial charge < -0.3 is 15.3 Å². The van der Waals surface area contributed by atoms with Gasteiger partial charge in [-0.3, -0.25) is 0 Å². The fourth-order valence-corrected chi connectivity index (χ4v) is 1.72. The van der Waals surface area contributed by atoms with Crippen molar-refractivity contribution in [2.75, 3.05) is 26.2 Å². The van der Waals surface area contributed by atoms with Crippen LogP contribution in [0, 0.1) is 0 Å². The minimum atomic E-state index is -0.0362. The SMILES string of the molecule is CCN(CC)CCNC1CC(O)C1. The van der Waals surface area contributed by atoms with E-state index in [0.29, 0.717) is 6.04 Å². The third-order valence-electron chi connectivity index (χ3n) is 2.87. The Bertz CT molecular complexity index is 131. The lowest BCUT2D eigenvalue weighted by molar-refractivity contribution is 0.0616. The molecule has 0 spiro atoms. The summed E-state index contributed by atoms with van der Waals surface area (Å²) in [7, 11) is 0. The van der Waals surface area contributed by atoms with Crippen LogP contribution in [-0.4, -0.2) is 48.3 Å². The summed E-state index contributed by atoms with van der Waals surface area (Å²) in [6.07, 6.45) is 1.85. The maximum atomic E-state index is 9.07. The van der Waals surface area contributed by atoms with Crippen molar-refractivity contribution in [1.29, 1.82) is 0 Å². The summed E-state index contributed by atoms with van der Waals surface area (Å²) >= 11 is 0. The number of hydrogen-bond acceptors (Lipinski definition) is 3. The lowest BCUT2D eigenvalue weighted by Crippen LogP contribution is -2.46. The Morgan fingerprint density at radius 1 is 1.31 bits per heavy atom. The van der Waals surface area contributed by atoms with Crippen LogP contribution in [0.4, 0.5) is 0 Å². The van der Waals surface area contributed by atoms with Crippen LogP contribution in [0.25, 0.3) is 0 Å². The average molecular weight is 186 g/mol. The molecule has 0 saturated heterocycles. The van der Waals surface area contributed by atoms with E-state index in [-0.39, 0.29) is 6.10 Å². The first kappa shape index (κ1) is 11.0. The van der Waals surface area contributed by atoms with Crippen molar-refractivity contribution < 1.29 is 5.11 Å². The van der Waals surface area contributed by atoms with E-state index < -0.39 is 0 Å². The highest BCUT2D eigenvalue weighted by Crippen LogP contribution is 2.18. The van der Waals surface area contributed by atoms with Gasteiger partial charge in [0.2, 0.25) is 0 Å². The Balaban J connectivity index is 1.94. The Labute approximate surface area is 81.1 Å². The van der Waals surface area contributed by atoms with Crippen LogP contribution < -0.4 is 5.32 Å². The zero-order valence-corrected chi connectivity index (χ0v) is 8.79. The van der Waals surface area contributed by atoms with Crippen molar-refractivity contribution in [3.8, 4) is 0 Å². The molecule has 1 aliphatic carbocycles. The Morgan fingerprint density at radius 2 is 1.92 bits per heavy atom. The third kappa shape index (κ3) is 3.63. The normalized spacial score (nSPS) is 27.7. The van der Waals surface area contributed by atoms with Gasteiger partial charge in [0.15, 0.2) is 0 Å². The molecule has 0 aliphatic heterocycles. The molecule has 0 atom stereocenters. The highest BCUT2D eigenvalue weighted by Gasteiger charge is 2.26. The lowest BCUT2D eigenvalue weighted by atomic mass is 9.89. The molecule has 0 aromatic carbocycles. The van der Waals surface area contributed by atoms with E-state index in [1.54, 1.807) is 0 Å². The fourth-order valence-electron chi connectivity index (χ4n) is 1.72. The van der Waals surface area contributed by atoms with Crippen molar-refractivity contribution in [3.05, 3.63) is 0 Å². The van der Waals surface area contributed by atoms with Crippen LogP contribution in [-0.2, 0) is 0 Å². The van der Waals surface area contributed by atoms with Gasteiger partial charge in [0.25, 0.3) is 0 Å². The Hall–Kier alpha value is -0.120. The van der Waals surface area contributed by atoms with Gasteiger partial charge in [0.1, 0.15) is 0 Å². The summed E-state index contributed by atoms with van der Waals surface area (Å²) in [5.74, 6) is 0. The molecule has 0 unspecified atom stereocenters. The highest BCUT2D eigenvalue weighted by molar-refractivity contribution is 4.84. The number of likely N-dealkylation sites (N-methyl/N-ethyl adjacent to an activating group) is 1. The maximum absolute atomic E-state index is 9.07. The molecule has 0 aromatic rings. The molecule has 0 amide bonds. The molecule has 0 heterocycles. The predicted octanol–water partition coefficient (Wildman–Crippen LogP) is 0.441. The summed E-state index contributed by atoms with van der Waals surface area (Å²) in [6.45, 7) is 8.82. The van der Waals surface area contributed by atoms with Gasteiger partial charge in [-0.05, 0) is 25.9 Å². The molecule has 78 valence electrons. The topological polar surface area (TPSA) is 35.5 Å². The quantitative estimate of drug-likeness (QED) is 0.632. The predicted molar refractivity (Wildman–Crippen MR) is 54.8 cm³/mol. The standard InChI is InChI=1S/C10H22N2O/c1-3-12(4-2)6-5-11-9-7-10(13)8-9/h9-11,13H,3-8H2,1-2H3. The lowest BCUT2D eigenvalue weighted by Gasteiger charge is -2.32. The van der Waals surface area contributed by atoms with Crippen LogP contribution >= 0.6 is 0 Å². The second-order valence-electron chi connectivity index (χ2n) is 3.80. The fraction of sp³-hybridized carbons (Fsp3) is 1.00. The van der Waals surface area contributed by atoms with Crippen LogP contribution in [0.2, 0.25) is 0 Å². The first-order valence-corrected chi connectivity index (χ1v) is 5.40. The van der Waals surface area contributed by atoms with Gasteiger partial charge >= 0.3 is 0 Å². The van der Waals surface area contributed by atoms with E-state index in [1.165, 1.54) is 0 Å². The first-order valence-electron chi connectivity index (χ1n) is 5.40. The van der Waals surface area contributed by atoms with Crippen LogP contribution in [0.15, 0.2) is 0 Å².